The molecule has 0 saturated carbocycles. The van der Waals surface area contributed by atoms with Gasteiger partial charge in [0.15, 0.2) is 5.85 Å². The highest BCUT2D eigenvalue weighted by Crippen LogP contribution is 2.58. The molecule has 3 aromatic carbocycles. The number of aryl methyl sites for hydroxylation is 1. The summed E-state index contributed by atoms with van der Waals surface area (Å²) in [4.78, 5) is 13.2. The Kier molecular flexibility index (Phi) is 8.72. The third kappa shape index (κ3) is 7.04. The highest BCUT2D eigenvalue weighted by molar-refractivity contribution is 7.67. The number of hydrogen-bond acceptors (Lipinski definition) is 4. The third-order valence-corrected chi connectivity index (χ3v) is 8.00. The molecule has 2 N–H and O–H groups in total. The standard InChI is InChI=1S/C27H31ClNO4P/c1-27(2,3)29-25(30)24(19-14-20-10-6-4-7-11-20)33-34(32,23-12-8-5-9-13-23)26(31)21-15-17-22(28)18-16-21/h4-13,15-18,24,26,31H,14,19H2,1-3H3,(H,29,30). The first-order valence-electron chi connectivity index (χ1n) is 11.2. The van der Waals surface area contributed by atoms with Gasteiger partial charge in [0.25, 0.3) is 7.37 Å². The van der Waals surface area contributed by atoms with Gasteiger partial charge in [0, 0.05) is 15.9 Å². The molecule has 5 nitrogen and oxygen atoms in total. The fourth-order valence-corrected chi connectivity index (χ4v) is 5.92. The first kappa shape index (κ1) is 26.2. The van der Waals surface area contributed by atoms with Crippen molar-refractivity contribution < 1.29 is 19.0 Å². The summed E-state index contributed by atoms with van der Waals surface area (Å²) >= 11 is 6.00. The maximum absolute atomic E-state index is 14.4. The normalized spacial score (nSPS) is 15.2. The summed E-state index contributed by atoms with van der Waals surface area (Å²) in [5.74, 6) is -1.84. The number of nitrogens with one attached hydrogen (secondary N) is 1. The molecule has 0 bridgehead atoms. The Morgan fingerprint density at radius 3 is 2.09 bits per heavy atom. The number of aliphatic hydroxyl groups excluding tert-OH is 1. The number of aliphatic hydroxyl groups is 1. The summed E-state index contributed by atoms with van der Waals surface area (Å²) < 4.78 is 20.6. The van der Waals surface area contributed by atoms with Gasteiger partial charge in [-0.25, -0.2) is 0 Å². The minimum atomic E-state index is -3.94. The predicted octanol–water partition coefficient (Wildman–Crippen LogP) is 5.87. The lowest BCUT2D eigenvalue weighted by Crippen LogP contribution is -2.47. The second-order valence-electron chi connectivity index (χ2n) is 9.22. The van der Waals surface area contributed by atoms with Crippen molar-refractivity contribution in [3.05, 3.63) is 101 Å². The number of hydrogen-bond donors (Lipinski definition) is 2. The lowest BCUT2D eigenvalue weighted by Gasteiger charge is -2.30. The smallest absolute Gasteiger partial charge is 0.264 e. The predicted molar refractivity (Wildman–Crippen MR) is 138 cm³/mol. The van der Waals surface area contributed by atoms with Crippen molar-refractivity contribution in [3.8, 4) is 0 Å². The third-order valence-electron chi connectivity index (χ3n) is 5.22. The zero-order chi connectivity index (χ0) is 24.8. The number of benzene rings is 3. The molecule has 0 radical (unpaired) electrons. The number of carbonyl (C=O) groups excluding carboxylic acids is 1. The molecule has 3 aromatic rings. The van der Waals surface area contributed by atoms with Gasteiger partial charge in [-0.05, 0) is 69.0 Å². The molecule has 0 spiro atoms. The molecule has 0 heterocycles. The molecule has 180 valence electrons. The molecule has 34 heavy (non-hydrogen) atoms. The average Bonchev–Trinajstić information content (AvgIpc) is 2.81. The molecule has 0 aliphatic carbocycles. The molecular formula is C27H31ClNO4P. The quantitative estimate of drug-likeness (QED) is 0.361. The number of rotatable bonds is 9. The fraction of sp³-hybridized carbons (Fsp3) is 0.296. The summed E-state index contributed by atoms with van der Waals surface area (Å²) in [7, 11) is -3.94. The van der Waals surface area contributed by atoms with Crippen LogP contribution in [0.2, 0.25) is 5.02 Å². The number of halogens is 1. The number of amides is 1. The van der Waals surface area contributed by atoms with Crippen LogP contribution in [0.4, 0.5) is 0 Å². The van der Waals surface area contributed by atoms with Gasteiger partial charge in [-0.1, -0.05) is 72.3 Å². The first-order chi connectivity index (χ1) is 16.1. The van der Waals surface area contributed by atoms with Crippen LogP contribution in [0.15, 0.2) is 84.9 Å². The Morgan fingerprint density at radius 1 is 0.971 bits per heavy atom. The molecule has 3 unspecified atom stereocenters. The van der Waals surface area contributed by atoms with Gasteiger partial charge >= 0.3 is 0 Å². The molecule has 0 aliphatic heterocycles. The summed E-state index contributed by atoms with van der Waals surface area (Å²) in [5, 5.41) is 15.0. The lowest BCUT2D eigenvalue weighted by molar-refractivity contribution is -0.129. The molecule has 3 atom stereocenters. The Hall–Kier alpha value is -2.43. The van der Waals surface area contributed by atoms with Crippen LogP contribution in [0.3, 0.4) is 0 Å². The summed E-state index contributed by atoms with van der Waals surface area (Å²) in [5.41, 5.74) is 0.929. The molecule has 0 aromatic heterocycles. The molecule has 0 fully saturated rings. The van der Waals surface area contributed by atoms with Crippen LogP contribution >= 0.6 is 19.0 Å². The van der Waals surface area contributed by atoms with Crippen molar-refractivity contribution >= 4 is 30.2 Å². The first-order valence-corrected chi connectivity index (χ1v) is 13.3. The van der Waals surface area contributed by atoms with E-state index in [0.29, 0.717) is 28.7 Å². The Labute approximate surface area is 206 Å². The molecule has 1 amide bonds. The van der Waals surface area contributed by atoms with E-state index in [0.717, 1.165) is 5.56 Å². The Balaban J connectivity index is 1.97. The van der Waals surface area contributed by atoms with Crippen LogP contribution in [0.25, 0.3) is 0 Å². The van der Waals surface area contributed by atoms with E-state index in [1.165, 1.54) is 0 Å². The van der Waals surface area contributed by atoms with Crippen LogP contribution in [0.5, 0.6) is 0 Å². The van der Waals surface area contributed by atoms with E-state index in [9.17, 15) is 14.5 Å². The van der Waals surface area contributed by atoms with Gasteiger partial charge in [-0.15, -0.1) is 0 Å². The maximum Gasteiger partial charge on any atom is 0.264 e. The SMILES string of the molecule is CC(C)(C)NC(=O)C(CCc1ccccc1)OP(=O)(c1ccccc1)C(O)c1ccc(Cl)cc1. The van der Waals surface area contributed by atoms with Gasteiger partial charge in [-0.2, -0.15) is 0 Å². The van der Waals surface area contributed by atoms with E-state index < -0.39 is 24.9 Å². The largest absolute Gasteiger partial charge is 0.378 e. The van der Waals surface area contributed by atoms with Crippen LogP contribution in [-0.2, 0) is 20.3 Å². The second kappa shape index (κ2) is 11.3. The summed E-state index contributed by atoms with van der Waals surface area (Å²) in [6.45, 7) is 5.62. The van der Waals surface area contributed by atoms with Crippen LogP contribution < -0.4 is 10.6 Å². The minimum absolute atomic E-state index is 0.302. The lowest BCUT2D eigenvalue weighted by atomic mass is 10.0. The molecular weight excluding hydrogens is 469 g/mol. The van der Waals surface area contributed by atoms with Gasteiger partial charge < -0.3 is 14.9 Å². The van der Waals surface area contributed by atoms with Crippen molar-refractivity contribution in [2.45, 2.75) is 51.1 Å². The van der Waals surface area contributed by atoms with Crippen molar-refractivity contribution in [2.24, 2.45) is 0 Å². The number of carbonyl (C=O) groups is 1. The molecule has 7 heteroatoms. The highest BCUT2D eigenvalue weighted by Gasteiger charge is 2.40. The van der Waals surface area contributed by atoms with E-state index in [2.05, 4.69) is 5.32 Å². The minimum Gasteiger partial charge on any atom is -0.378 e. The molecule has 0 aliphatic rings. The van der Waals surface area contributed by atoms with E-state index in [1.807, 2.05) is 51.1 Å². The topological polar surface area (TPSA) is 75.6 Å². The van der Waals surface area contributed by atoms with Gasteiger partial charge in [-0.3, -0.25) is 9.36 Å². The van der Waals surface area contributed by atoms with Gasteiger partial charge in [0.2, 0.25) is 5.91 Å². The zero-order valence-corrected chi connectivity index (χ0v) is 21.3. The maximum atomic E-state index is 14.4. The van der Waals surface area contributed by atoms with Gasteiger partial charge in [0.1, 0.15) is 6.10 Å². The van der Waals surface area contributed by atoms with E-state index in [-0.39, 0.29) is 5.91 Å². The van der Waals surface area contributed by atoms with Crippen LogP contribution in [0, 0.1) is 0 Å². The molecule has 3 rings (SSSR count). The molecule has 0 saturated heterocycles. The van der Waals surface area contributed by atoms with Crippen molar-refractivity contribution in [1.82, 2.24) is 5.32 Å². The fourth-order valence-electron chi connectivity index (χ4n) is 3.54. The van der Waals surface area contributed by atoms with Crippen molar-refractivity contribution in [3.63, 3.8) is 0 Å². The van der Waals surface area contributed by atoms with E-state index >= 15 is 0 Å². The van der Waals surface area contributed by atoms with Crippen LogP contribution in [0.1, 0.15) is 44.2 Å². The van der Waals surface area contributed by atoms with Gasteiger partial charge in [0.05, 0.1) is 0 Å². The monoisotopic (exact) mass is 499 g/mol. The van der Waals surface area contributed by atoms with Crippen molar-refractivity contribution in [2.75, 3.05) is 0 Å². The Morgan fingerprint density at radius 2 is 1.53 bits per heavy atom. The Bertz CT molecular complexity index is 1110. The summed E-state index contributed by atoms with van der Waals surface area (Å²) in [6, 6.07) is 24.7. The zero-order valence-electron chi connectivity index (χ0n) is 19.6. The van der Waals surface area contributed by atoms with Crippen molar-refractivity contribution in [1.29, 1.82) is 0 Å². The van der Waals surface area contributed by atoms with E-state index in [4.69, 9.17) is 16.1 Å². The van der Waals surface area contributed by atoms with E-state index in [1.54, 1.807) is 54.6 Å². The van der Waals surface area contributed by atoms with Crippen LogP contribution in [-0.4, -0.2) is 22.7 Å². The highest BCUT2D eigenvalue weighted by atomic mass is 35.5. The average molecular weight is 500 g/mol. The second-order valence-corrected chi connectivity index (χ2v) is 12.1. The summed E-state index contributed by atoms with van der Waals surface area (Å²) in [6.07, 6.45) is -0.183.